The lowest BCUT2D eigenvalue weighted by atomic mass is 9.89. The zero-order chi connectivity index (χ0) is 54.2. The topological polar surface area (TPSA) is 43.5 Å². The number of aromatic nitrogens is 4. The monoisotopic (exact) mass is 1050 g/mol. The van der Waals surface area contributed by atoms with Gasteiger partial charge < -0.3 is 18.3 Å². The van der Waals surface area contributed by atoms with E-state index in [1.165, 1.54) is 12.1 Å². The van der Waals surface area contributed by atoms with Crippen LogP contribution in [0.25, 0.3) is 132 Å². The molecule has 0 saturated heterocycles. The van der Waals surface area contributed by atoms with Crippen molar-refractivity contribution in [2.45, 2.75) is 12.4 Å². The predicted molar refractivity (Wildman–Crippen MR) is 309 cm³/mol. The molecule has 0 spiro atoms. The first-order valence-corrected chi connectivity index (χ1v) is 26.0. The van der Waals surface area contributed by atoms with Gasteiger partial charge >= 0.3 is 12.4 Å². The second-order valence-corrected chi connectivity index (χ2v) is 20.1. The summed E-state index contributed by atoms with van der Waals surface area (Å²) in [4.78, 5) is 0. The molecule has 4 aromatic heterocycles. The third kappa shape index (κ3) is 6.98. The highest BCUT2D eigenvalue weighted by Gasteiger charge is 2.41. The van der Waals surface area contributed by atoms with Crippen LogP contribution < -0.4 is 0 Å². The molecule has 382 valence electrons. The summed E-state index contributed by atoms with van der Waals surface area (Å²) in [6, 6.07) is 75.3. The van der Waals surface area contributed by atoms with Crippen molar-refractivity contribution < 1.29 is 26.3 Å². The predicted octanol–water partition coefficient (Wildman–Crippen LogP) is 19.3. The molecule has 4 heterocycles. The molecule has 0 aliphatic heterocycles. The molecule has 0 atom stereocenters. The summed E-state index contributed by atoms with van der Waals surface area (Å²) in [6.45, 7) is 0. The normalized spacial score (nSPS) is 12.4. The van der Waals surface area contributed by atoms with Crippen molar-refractivity contribution in [3.05, 3.63) is 253 Å². The maximum atomic E-state index is 15.1. The molecular weight excluding hydrogens is 1010 g/mol. The molecular formula is C69H39F6N5. The van der Waals surface area contributed by atoms with Gasteiger partial charge in [-0.25, -0.2) is 0 Å². The van der Waals surface area contributed by atoms with E-state index in [-0.39, 0.29) is 16.7 Å². The highest BCUT2D eigenvalue weighted by atomic mass is 19.4. The van der Waals surface area contributed by atoms with Gasteiger partial charge in [-0.15, -0.1) is 0 Å². The Morgan fingerprint density at radius 2 is 0.650 bits per heavy atom. The minimum atomic E-state index is -5.15. The minimum absolute atomic E-state index is 0.163. The largest absolute Gasteiger partial charge is 0.417 e. The van der Waals surface area contributed by atoms with E-state index >= 15 is 26.3 Å². The maximum absolute atomic E-state index is 15.1. The van der Waals surface area contributed by atoms with Crippen molar-refractivity contribution in [2.75, 3.05) is 0 Å². The number of hydrogen-bond donors (Lipinski definition) is 0. The zero-order valence-electron chi connectivity index (χ0n) is 42.0. The van der Waals surface area contributed by atoms with Crippen molar-refractivity contribution in [2.24, 2.45) is 0 Å². The average molecular weight is 1050 g/mol. The van der Waals surface area contributed by atoms with E-state index in [0.717, 1.165) is 105 Å². The van der Waals surface area contributed by atoms with Crippen LogP contribution in [-0.2, 0) is 12.4 Å². The SMILES string of the molecule is N#Cc1ccc(-n2c3ccccc3c3cc(-n4c5ccccc5c5ccccc54)ccc32)cc1-c1cc(-c2c(C(F)(F)F)cccc2C(F)(F)F)ccc1-n1c2ccccc2c2cc(-n3c4ccccc4c4ccccc43)ccc21. The molecule has 11 aromatic carbocycles. The van der Waals surface area contributed by atoms with Gasteiger partial charge in [0.2, 0.25) is 0 Å². The summed E-state index contributed by atoms with van der Waals surface area (Å²) in [7, 11) is 0. The van der Waals surface area contributed by atoms with Crippen molar-refractivity contribution in [1.82, 2.24) is 18.3 Å². The van der Waals surface area contributed by atoms with E-state index in [1.54, 1.807) is 12.1 Å². The Kier molecular flexibility index (Phi) is 10.2. The van der Waals surface area contributed by atoms with Crippen LogP contribution in [0.3, 0.4) is 0 Å². The molecule has 11 heteroatoms. The molecule has 0 fully saturated rings. The second kappa shape index (κ2) is 17.3. The number of rotatable bonds is 6. The van der Waals surface area contributed by atoms with E-state index in [0.29, 0.717) is 29.1 Å². The first kappa shape index (κ1) is 46.9. The highest BCUT2D eigenvalue weighted by molar-refractivity contribution is 6.14. The summed E-state index contributed by atoms with van der Waals surface area (Å²) in [5.41, 5.74) is 6.73. The molecule has 0 bridgehead atoms. The van der Waals surface area contributed by atoms with Gasteiger partial charge in [-0.3, -0.25) is 0 Å². The Hall–Kier alpha value is -10.3. The van der Waals surface area contributed by atoms with Gasteiger partial charge in [0, 0.05) is 76.8 Å². The Morgan fingerprint density at radius 3 is 1.06 bits per heavy atom. The van der Waals surface area contributed by atoms with Crippen LogP contribution in [0.2, 0.25) is 0 Å². The molecule has 5 nitrogen and oxygen atoms in total. The smallest absolute Gasteiger partial charge is 0.309 e. The standard InChI is InChI=1S/C69H39F6N5/c70-68(71,72)56-20-13-21-57(69(73,74)75)67(56)41-29-33-65(80-63-27-12-6-19-51(63)55-39-45(32-35-66(55)80)78-60-24-9-3-16-48(60)49-17-4-10-25-61(49)78)53(36-41)52-37-43(30-28-42(52)40-76)79-62-26-11-5-18-50(62)54-38-44(31-34-64(54)79)77-58-22-7-1-14-46(58)47-15-2-8-23-59(47)77/h1-39H. The van der Waals surface area contributed by atoms with E-state index in [9.17, 15) is 5.26 Å². The third-order valence-electron chi connectivity index (χ3n) is 15.9. The summed E-state index contributed by atoms with van der Waals surface area (Å²) < 4.78 is 99.1. The number of halogens is 6. The van der Waals surface area contributed by atoms with Crippen molar-refractivity contribution in [1.29, 1.82) is 5.26 Å². The summed E-state index contributed by atoms with van der Waals surface area (Å²) in [5.74, 6) is 0. The van der Waals surface area contributed by atoms with Crippen LogP contribution in [0.4, 0.5) is 26.3 Å². The molecule has 0 unspecified atom stereocenters. The van der Waals surface area contributed by atoms with E-state index in [4.69, 9.17) is 0 Å². The van der Waals surface area contributed by atoms with E-state index < -0.39 is 29.0 Å². The van der Waals surface area contributed by atoms with Crippen molar-refractivity contribution >= 4 is 87.2 Å². The van der Waals surface area contributed by atoms with Gasteiger partial charge in [0.1, 0.15) is 0 Å². The van der Waals surface area contributed by atoms with Crippen LogP contribution in [0.15, 0.2) is 237 Å². The Bertz CT molecular complexity index is 5000. The first-order valence-electron chi connectivity index (χ1n) is 26.0. The number of hydrogen-bond acceptors (Lipinski definition) is 1. The zero-order valence-corrected chi connectivity index (χ0v) is 42.0. The van der Waals surface area contributed by atoms with Crippen LogP contribution in [0.5, 0.6) is 0 Å². The minimum Gasteiger partial charge on any atom is -0.309 e. The molecule has 0 aliphatic rings. The summed E-state index contributed by atoms with van der Waals surface area (Å²) in [6.07, 6.45) is -10.3. The van der Waals surface area contributed by atoms with Gasteiger partial charge in [-0.05, 0) is 121 Å². The number of nitriles is 1. The molecule has 80 heavy (non-hydrogen) atoms. The molecule has 15 aromatic rings. The van der Waals surface area contributed by atoms with Gasteiger partial charge in [0.15, 0.2) is 0 Å². The number of fused-ring (bicyclic) bond motifs is 12. The Morgan fingerprint density at radius 1 is 0.300 bits per heavy atom. The van der Waals surface area contributed by atoms with Crippen LogP contribution >= 0.6 is 0 Å². The van der Waals surface area contributed by atoms with Gasteiger partial charge in [0.05, 0.1) is 72.6 Å². The van der Waals surface area contributed by atoms with Crippen LogP contribution in [0.1, 0.15) is 16.7 Å². The Balaban J connectivity index is 0.991. The first-order chi connectivity index (χ1) is 38.9. The highest BCUT2D eigenvalue weighted by Crippen LogP contribution is 2.48. The summed E-state index contributed by atoms with van der Waals surface area (Å²) >= 11 is 0. The summed E-state index contributed by atoms with van der Waals surface area (Å²) in [5, 5.41) is 19.1. The van der Waals surface area contributed by atoms with E-state index in [2.05, 4.69) is 98.6 Å². The molecule has 0 amide bonds. The maximum Gasteiger partial charge on any atom is 0.417 e. The number of nitrogens with zero attached hydrogens (tertiary/aromatic N) is 5. The third-order valence-corrected chi connectivity index (χ3v) is 15.9. The lowest BCUT2D eigenvalue weighted by Gasteiger charge is -2.22. The molecule has 0 saturated carbocycles. The van der Waals surface area contributed by atoms with Gasteiger partial charge in [-0.1, -0.05) is 121 Å². The second-order valence-electron chi connectivity index (χ2n) is 20.1. The molecule has 0 radical (unpaired) electrons. The number of alkyl halides is 6. The van der Waals surface area contributed by atoms with Crippen molar-refractivity contribution in [3.8, 4) is 51.1 Å². The number of benzene rings is 11. The van der Waals surface area contributed by atoms with Crippen LogP contribution in [0, 0.1) is 11.3 Å². The van der Waals surface area contributed by atoms with E-state index in [1.807, 2.05) is 120 Å². The van der Waals surface area contributed by atoms with Crippen molar-refractivity contribution in [3.63, 3.8) is 0 Å². The quantitative estimate of drug-likeness (QED) is 0.153. The fourth-order valence-corrected chi connectivity index (χ4v) is 12.6. The van der Waals surface area contributed by atoms with Gasteiger partial charge in [-0.2, -0.15) is 31.6 Å². The fourth-order valence-electron chi connectivity index (χ4n) is 12.6. The average Bonchev–Trinajstić information content (AvgIpc) is 4.38. The van der Waals surface area contributed by atoms with Gasteiger partial charge in [0.25, 0.3) is 0 Å². The molecule has 0 N–H and O–H groups in total. The molecule has 15 rings (SSSR count). The lowest BCUT2D eigenvalue weighted by Crippen LogP contribution is -2.14. The van der Waals surface area contributed by atoms with Crippen LogP contribution in [-0.4, -0.2) is 18.3 Å². The number of para-hydroxylation sites is 6. The molecule has 0 aliphatic carbocycles. The lowest BCUT2D eigenvalue weighted by molar-refractivity contribution is -0.142. The fraction of sp³-hybridized carbons (Fsp3) is 0.0290. The Labute approximate surface area is 451 Å².